The van der Waals surface area contributed by atoms with Crippen molar-refractivity contribution >= 4 is 5.91 Å². The summed E-state index contributed by atoms with van der Waals surface area (Å²) in [4.78, 5) is 12.4. The van der Waals surface area contributed by atoms with Gasteiger partial charge in [0.05, 0.1) is 6.10 Å². The molecule has 1 amide bonds. The topological polar surface area (TPSA) is 38.3 Å². The molecule has 3 saturated carbocycles. The molecule has 0 radical (unpaired) electrons. The Labute approximate surface area is 167 Å². The van der Waals surface area contributed by atoms with Gasteiger partial charge in [-0.2, -0.15) is 0 Å². The SMILES string of the molecule is CCC1(C2CCCCCCC2)CC(NC(=O)COC2CCCCCCC2)C1. The van der Waals surface area contributed by atoms with Gasteiger partial charge in [0.2, 0.25) is 5.91 Å². The van der Waals surface area contributed by atoms with Crippen LogP contribution in [-0.4, -0.2) is 24.7 Å². The molecular weight excluding hydrogens is 334 g/mol. The highest BCUT2D eigenvalue weighted by Gasteiger charge is 2.48. The van der Waals surface area contributed by atoms with E-state index in [2.05, 4.69) is 12.2 Å². The van der Waals surface area contributed by atoms with Crippen molar-refractivity contribution in [3.8, 4) is 0 Å². The molecule has 156 valence electrons. The summed E-state index contributed by atoms with van der Waals surface area (Å²) in [5.41, 5.74) is 0.510. The molecule has 3 aliphatic rings. The Hall–Kier alpha value is -0.570. The Morgan fingerprint density at radius 2 is 1.37 bits per heavy atom. The van der Waals surface area contributed by atoms with Gasteiger partial charge < -0.3 is 10.1 Å². The molecule has 0 unspecified atom stereocenters. The molecule has 3 aliphatic carbocycles. The molecular formula is C24H43NO2. The monoisotopic (exact) mass is 377 g/mol. The van der Waals surface area contributed by atoms with Gasteiger partial charge in [-0.1, -0.05) is 77.6 Å². The van der Waals surface area contributed by atoms with Gasteiger partial charge in [0.25, 0.3) is 0 Å². The molecule has 3 fully saturated rings. The molecule has 0 saturated heterocycles. The summed E-state index contributed by atoms with van der Waals surface area (Å²) in [5.74, 6) is 1.01. The average molecular weight is 378 g/mol. The second kappa shape index (κ2) is 10.8. The van der Waals surface area contributed by atoms with Crippen LogP contribution in [0.4, 0.5) is 0 Å². The Balaban J connectivity index is 1.38. The maximum atomic E-state index is 12.4. The third-order valence-corrected chi connectivity index (χ3v) is 7.85. The van der Waals surface area contributed by atoms with E-state index in [1.165, 1.54) is 96.3 Å². The van der Waals surface area contributed by atoms with E-state index in [0.29, 0.717) is 17.6 Å². The third kappa shape index (κ3) is 6.21. The normalized spacial score (nSPS) is 31.8. The van der Waals surface area contributed by atoms with Crippen molar-refractivity contribution in [1.82, 2.24) is 5.32 Å². The molecule has 27 heavy (non-hydrogen) atoms. The number of carbonyl (C=O) groups excluding carboxylic acids is 1. The Bertz CT molecular complexity index is 428. The Morgan fingerprint density at radius 3 is 1.93 bits per heavy atom. The second-order valence-corrected chi connectivity index (χ2v) is 9.71. The molecule has 0 spiro atoms. The van der Waals surface area contributed by atoms with E-state index >= 15 is 0 Å². The van der Waals surface area contributed by atoms with E-state index in [-0.39, 0.29) is 12.5 Å². The minimum atomic E-state index is 0.115. The van der Waals surface area contributed by atoms with Crippen molar-refractivity contribution in [2.75, 3.05) is 6.61 Å². The lowest BCUT2D eigenvalue weighted by molar-refractivity contribution is -0.131. The van der Waals surface area contributed by atoms with Gasteiger partial charge in [-0.25, -0.2) is 0 Å². The van der Waals surface area contributed by atoms with Gasteiger partial charge in [0, 0.05) is 6.04 Å². The van der Waals surface area contributed by atoms with Crippen molar-refractivity contribution in [1.29, 1.82) is 0 Å². The van der Waals surface area contributed by atoms with Crippen LogP contribution in [0, 0.1) is 11.3 Å². The van der Waals surface area contributed by atoms with Crippen molar-refractivity contribution in [2.45, 2.75) is 128 Å². The first-order chi connectivity index (χ1) is 13.2. The van der Waals surface area contributed by atoms with E-state index in [4.69, 9.17) is 4.74 Å². The van der Waals surface area contributed by atoms with Crippen LogP contribution < -0.4 is 5.32 Å². The first-order valence-electron chi connectivity index (χ1n) is 12.1. The summed E-state index contributed by atoms with van der Waals surface area (Å²) in [6, 6.07) is 0.392. The number of hydrogen-bond donors (Lipinski definition) is 1. The van der Waals surface area contributed by atoms with Crippen LogP contribution in [-0.2, 0) is 9.53 Å². The predicted molar refractivity (Wildman–Crippen MR) is 112 cm³/mol. The van der Waals surface area contributed by atoms with Crippen molar-refractivity contribution in [2.24, 2.45) is 11.3 Å². The molecule has 0 bridgehead atoms. The minimum Gasteiger partial charge on any atom is -0.368 e. The smallest absolute Gasteiger partial charge is 0.246 e. The van der Waals surface area contributed by atoms with Crippen LogP contribution in [0.15, 0.2) is 0 Å². The number of nitrogens with one attached hydrogen (secondary N) is 1. The van der Waals surface area contributed by atoms with Crippen LogP contribution in [0.5, 0.6) is 0 Å². The van der Waals surface area contributed by atoms with Crippen LogP contribution >= 0.6 is 0 Å². The van der Waals surface area contributed by atoms with Gasteiger partial charge in [-0.15, -0.1) is 0 Å². The van der Waals surface area contributed by atoms with Gasteiger partial charge in [-0.3, -0.25) is 4.79 Å². The lowest BCUT2D eigenvalue weighted by atomic mass is 9.55. The lowest BCUT2D eigenvalue weighted by Gasteiger charge is -2.53. The zero-order valence-corrected chi connectivity index (χ0v) is 17.8. The highest BCUT2D eigenvalue weighted by Crippen LogP contribution is 2.53. The molecule has 3 rings (SSSR count). The molecule has 0 aromatic rings. The van der Waals surface area contributed by atoms with Crippen LogP contribution in [0.3, 0.4) is 0 Å². The van der Waals surface area contributed by atoms with Gasteiger partial charge in [-0.05, 0) is 49.9 Å². The summed E-state index contributed by atoms with van der Waals surface area (Å²) in [5, 5.41) is 3.28. The molecule has 3 nitrogen and oxygen atoms in total. The maximum Gasteiger partial charge on any atom is 0.246 e. The number of carbonyl (C=O) groups is 1. The minimum absolute atomic E-state index is 0.115. The summed E-state index contributed by atoms with van der Waals surface area (Å²) in [6.07, 6.45) is 22.7. The zero-order chi connectivity index (χ0) is 19.0. The quantitative estimate of drug-likeness (QED) is 0.603. The standard InChI is InChI=1S/C24H43NO2/c1-2-24(20-13-9-5-3-6-10-14-20)17-21(18-24)25-23(26)19-27-22-15-11-7-4-8-12-16-22/h20-22H,2-19H2,1H3,(H,25,26). The van der Waals surface area contributed by atoms with Crippen molar-refractivity contribution in [3.63, 3.8) is 0 Å². The fourth-order valence-electron chi connectivity index (χ4n) is 6.05. The summed E-state index contributed by atoms with van der Waals surface area (Å²) >= 11 is 0. The lowest BCUT2D eigenvalue weighted by Crippen LogP contribution is -2.54. The summed E-state index contributed by atoms with van der Waals surface area (Å²) < 4.78 is 5.96. The third-order valence-electron chi connectivity index (χ3n) is 7.85. The molecule has 1 N–H and O–H groups in total. The largest absolute Gasteiger partial charge is 0.368 e. The first kappa shape index (κ1) is 21.1. The number of rotatable bonds is 6. The number of amides is 1. The van der Waals surface area contributed by atoms with E-state index in [1.807, 2.05) is 0 Å². The van der Waals surface area contributed by atoms with Crippen LogP contribution in [0.25, 0.3) is 0 Å². The number of ether oxygens (including phenoxy) is 1. The molecule has 0 aromatic carbocycles. The average Bonchev–Trinajstić information content (AvgIpc) is 2.57. The second-order valence-electron chi connectivity index (χ2n) is 9.71. The van der Waals surface area contributed by atoms with Gasteiger partial charge >= 0.3 is 0 Å². The fourth-order valence-corrected chi connectivity index (χ4v) is 6.05. The van der Waals surface area contributed by atoms with Crippen LogP contribution in [0.2, 0.25) is 0 Å². The van der Waals surface area contributed by atoms with E-state index in [0.717, 1.165) is 18.8 Å². The molecule has 0 aromatic heterocycles. The van der Waals surface area contributed by atoms with E-state index in [9.17, 15) is 4.79 Å². The fraction of sp³-hybridized carbons (Fsp3) is 0.958. The van der Waals surface area contributed by atoms with Gasteiger partial charge in [0.15, 0.2) is 0 Å². The highest BCUT2D eigenvalue weighted by atomic mass is 16.5. The summed E-state index contributed by atoms with van der Waals surface area (Å²) in [7, 11) is 0. The molecule has 0 atom stereocenters. The van der Waals surface area contributed by atoms with Crippen molar-refractivity contribution < 1.29 is 9.53 Å². The molecule has 0 heterocycles. The zero-order valence-electron chi connectivity index (χ0n) is 17.8. The first-order valence-corrected chi connectivity index (χ1v) is 12.1. The highest BCUT2D eigenvalue weighted by molar-refractivity contribution is 5.77. The summed E-state index contributed by atoms with van der Waals surface area (Å²) in [6.45, 7) is 2.64. The maximum absolute atomic E-state index is 12.4. The van der Waals surface area contributed by atoms with E-state index in [1.54, 1.807) is 0 Å². The Morgan fingerprint density at radius 1 is 0.852 bits per heavy atom. The number of hydrogen-bond acceptors (Lipinski definition) is 2. The Kier molecular flexibility index (Phi) is 8.48. The van der Waals surface area contributed by atoms with Gasteiger partial charge in [0.1, 0.15) is 6.61 Å². The molecule has 3 heteroatoms. The molecule has 0 aliphatic heterocycles. The predicted octanol–water partition coefficient (Wildman–Crippen LogP) is 6.15. The van der Waals surface area contributed by atoms with Crippen LogP contribution in [0.1, 0.15) is 116 Å². The van der Waals surface area contributed by atoms with Crippen molar-refractivity contribution in [3.05, 3.63) is 0 Å². The van der Waals surface area contributed by atoms with E-state index < -0.39 is 0 Å².